The Balaban J connectivity index is 1.72. The summed E-state index contributed by atoms with van der Waals surface area (Å²) in [7, 11) is 0. The number of carbonyl (C=O) groups is 3. The molecular weight excluding hydrogens is 356 g/mol. The number of amides is 4. The van der Waals surface area contributed by atoms with Crippen LogP contribution in [0.15, 0.2) is 12.1 Å². The molecule has 0 radical (unpaired) electrons. The fourth-order valence-corrected chi connectivity index (χ4v) is 4.57. The van der Waals surface area contributed by atoms with Crippen molar-refractivity contribution in [3.8, 4) is 6.07 Å². The Morgan fingerprint density at radius 2 is 2.12 bits per heavy atom. The summed E-state index contributed by atoms with van der Waals surface area (Å²) >= 11 is 6.21. The molecule has 26 heavy (non-hydrogen) atoms. The van der Waals surface area contributed by atoms with E-state index < -0.39 is 6.04 Å². The van der Waals surface area contributed by atoms with Gasteiger partial charge in [-0.1, -0.05) is 18.5 Å². The van der Waals surface area contributed by atoms with Gasteiger partial charge >= 0.3 is 6.03 Å². The average molecular weight is 373 g/mol. The summed E-state index contributed by atoms with van der Waals surface area (Å²) in [6, 6.07) is 3.68. The lowest BCUT2D eigenvalue weighted by molar-refractivity contribution is -0.135. The van der Waals surface area contributed by atoms with Crippen molar-refractivity contribution >= 4 is 35.1 Å². The van der Waals surface area contributed by atoms with E-state index in [1.54, 1.807) is 29.7 Å². The molecule has 2 bridgehead atoms. The van der Waals surface area contributed by atoms with Gasteiger partial charge in [-0.25, -0.2) is 9.69 Å². The Bertz CT molecular complexity index is 893. The number of anilines is 1. The van der Waals surface area contributed by atoms with Gasteiger partial charge in [0.05, 0.1) is 28.4 Å². The minimum atomic E-state index is -0.634. The van der Waals surface area contributed by atoms with E-state index in [0.29, 0.717) is 36.2 Å². The van der Waals surface area contributed by atoms with Crippen LogP contribution in [0.25, 0.3) is 0 Å². The first kappa shape index (κ1) is 16.9. The van der Waals surface area contributed by atoms with Gasteiger partial charge in [-0.3, -0.25) is 9.59 Å². The molecule has 4 rings (SSSR count). The maximum atomic E-state index is 13.1. The lowest BCUT2D eigenvalue weighted by Crippen LogP contribution is -2.54. The van der Waals surface area contributed by atoms with Gasteiger partial charge < -0.3 is 9.80 Å². The molecule has 3 fully saturated rings. The number of hydrogen-bond donors (Lipinski definition) is 0. The molecule has 3 aliphatic rings. The van der Waals surface area contributed by atoms with Gasteiger partial charge in [0.2, 0.25) is 5.91 Å². The van der Waals surface area contributed by atoms with E-state index in [9.17, 15) is 14.4 Å². The molecule has 1 aromatic rings. The topological polar surface area (TPSA) is 84.7 Å². The number of hydrogen-bond acceptors (Lipinski definition) is 4. The fraction of sp³-hybridized carbons (Fsp3) is 0.444. The van der Waals surface area contributed by atoms with E-state index in [1.807, 2.05) is 6.07 Å². The Kier molecular flexibility index (Phi) is 3.70. The van der Waals surface area contributed by atoms with Crippen LogP contribution in [-0.4, -0.2) is 52.3 Å². The number of nitrogens with zero attached hydrogens (tertiary/aromatic N) is 4. The van der Waals surface area contributed by atoms with E-state index in [4.69, 9.17) is 16.9 Å². The van der Waals surface area contributed by atoms with Crippen molar-refractivity contribution < 1.29 is 14.4 Å². The number of imide groups is 1. The largest absolute Gasteiger partial charge is 0.335 e. The first-order valence-electron chi connectivity index (χ1n) is 8.55. The van der Waals surface area contributed by atoms with Gasteiger partial charge in [0.1, 0.15) is 12.1 Å². The zero-order valence-corrected chi connectivity index (χ0v) is 15.2. The van der Waals surface area contributed by atoms with Crippen LogP contribution >= 0.6 is 11.6 Å². The smallest absolute Gasteiger partial charge is 0.332 e. The predicted molar refractivity (Wildman–Crippen MR) is 93.6 cm³/mol. The van der Waals surface area contributed by atoms with Gasteiger partial charge in [-0.05, 0) is 31.0 Å². The van der Waals surface area contributed by atoms with Crippen molar-refractivity contribution in [3.05, 3.63) is 28.3 Å². The Morgan fingerprint density at radius 3 is 2.77 bits per heavy atom. The molecule has 7 nitrogen and oxygen atoms in total. The van der Waals surface area contributed by atoms with Crippen molar-refractivity contribution in [1.29, 1.82) is 5.26 Å². The van der Waals surface area contributed by atoms with E-state index in [1.165, 1.54) is 6.07 Å². The highest BCUT2D eigenvalue weighted by molar-refractivity contribution is 6.33. The molecule has 0 N–H and O–H groups in total. The van der Waals surface area contributed by atoms with Gasteiger partial charge in [-0.2, -0.15) is 5.26 Å². The molecule has 4 amide bonds. The van der Waals surface area contributed by atoms with Gasteiger partial charge in [-0.15, -0.1) is 0 Å². The maximum Gasteiger partial charge on any atom is 0.332 e. The van der Waals surface area contributed by atoms with Crippen LogP contribution in [0.5, 0.6) is 0 Å². The third-order valence-corrected chi connectivity index (χ3v) is 6.09. The van der Waals surface area contributed by atoms with Crippen LogP contribution in [-0.2, 0) is 9.59 Å². The number of likely N-dealkylation sites (tertiary alicyclic amines) is 1. The lowest BCUT2D eigenvalue weighted by atomic mass is 10.1. The first-order chi connectivity index (χ1) is 12.4. The molecule has 2 unspecified atom stereocenters. The zero-order chi connectivity index (χ0) is 18.7. The van der Waals surface area contributed by atoms with E-state index in [0.717, 1.165) is 4.90 Å². The number of fused-ring (bicyclic) bond motifs is 5. The normalized spacial score (nSPS) is 26.5. The summed E-state index contributed by atoms with van der Waals surface area (Å²) in [5.74, 6) is -0.326. The van der Waals surface area contributed by atoms with E-state index in [-0.39, 0.29) is 35.0 Å². The van der Waals surface area contributed by atoms with Crippen molar-refractivity contribution in [2.24, 2.45) is 0 Å². The van der Waals surface area contributed by atoms with Crippen LogP contribution in [0.4, 0.5) is 10.5 Å². The number of rotatable bonds is 2. The molecule has 3 heterocycles. The molecule has 8 heteroatoms. The van der Waals surface area contributed by atoms with Crippen molar-refractivity contribution in [3.63, 3.8) is 0 Å². The van der Waals surface area contributed by atoms with E-state index >= 15 is 0 Å². The highest BCUT2D eigenvalue weighted by Crippen LogP contribution is 2.43. The van der Waals surface area contributed by atoms with Crippen LogP contribution in [0.3, 0.4) is 0 Å². The highest BCUT2D eigenvalue weighted by Gasteiger charge is 2.62. The quantitative estimate of drug-likeness (QED) is 0.744. The van der Waals surface area contributed by atoms with Gasteiger partial charge in [0.25, 0.3) is 5.91 Å². The van der Waals surface area contributed by atoms with Crippen LogP contribution < -0.4 is 4.90 Å². The molecule has 3 atom stereocenters. The Morgan fingerprint density at radius 1 is 1.38 bits per heavy atom. The standard InChI is InChI=1S/C18H17ClN4O3/c1-3-14(24)21-8-11-6-13(21)16-17(25)23(18(26)22(11)16)12-5-4-10(7-20)15(19)9(12)2/h4-5,11,13,16H,3,6,8H2,1-2H3/t11-,13?,16?/m1/s1. The first-order valence-corrected chi connectivity index (χ1v) is 8.93. The van der Waals surface area contributed by atoms with Crippen LogP contribution in [0.1, 0.15) is 30.9 Å². The van der Waals surface area contributed by atoms with Crippen molar-refractivity contribution in [2.75, 3.05) is 11.4 Å². The SMILES string of the molecule is CCC(=O)N1C[C@H]2CC1C1C(=O)N(c3ccc(C#N)c(Cl)c3C)C(=O)N12. The minimum Gasteiger partial charge on any atom is -0.335 e. The molecule has 134 valence electrons. The average Bonchev–Trinajstić information content (AvgIpc) is 3.29. The number of urea groups is 1. The summed E-state index contributed by atoms with van der Waals surface area (Å²) in [6.07, 6.45) is 1.03. The Labute approximate surface area is 155 Å². The highest BCUT2D eigenvalue weighted by atomic mass is 35.5. The van der Waals surface area contributed by atoms with Crippen molar-refractivity contribution in [2.45, 2.75) is 44.8 Å². The molecule has 0 aliphatic carbocycles. The number of carbonyl (C=O) groups excluding carboxylic acids is 3. The Hall–Kier alpha value is -2.59. The summed E-state index contributed by atoms with van der Waals surface area (Å²) < 4.78 is 0. The van der Waals surface area contributed by atoms with E-state index in [2.05, 4.69) is 0 Å². The number of benzene rings is 1. The van der Waals surface area contributed by atoms with Gasteiger partial charge in [0, 0.05) is 13.0 Å². The molecular formula is C18H17ClN4O3. The number of halogens is 1. The minimum absolute atomic E-state index is 0.00782. The van der Waals surface area contributed by atoms with Crippen molar-refractivity contribution in [1.82, 2.24) is 9.80 Å². The zero-order valence-electron chi connectivity index (χ0n) is 14.4. The molecule has 1 aromatic carbocycles. The monoisotopic (exact) mass is 372 g/mol. The summed E-state index contributed by atoms with van der Waals surface area (Å²) in [6.45, 7) is 3.96. The second-order valence-electron chi connectivity index (χ2n) is 6.85. The van der Waals surface area contributed by atoms with Crippen LogP contribution in [0, 0.1) is 18.3 Å². The molecule has 3 saturated heterocycles. The molecule has 3 aliphatic heterocycles. The fourth-order valence-electron chi connectivity index (χ4n) is 4.37. The lowest BCUT2D eigenvalue weighted by Gasteiger charge is -2.34. The third kappa shape index (κ3) is 2.02. The second kappa shape index (κ2) is 5.71. The molecule has 0 spiro atoms. The second-order valence-corrected chi connectivity index (χ2v) is 7.23. The maximum absolute atomic E-state index is 13.1. The number of piperazine rings is 1. The predicted octanol–water partition coefficient (Wildman–Crippen LogP) is 2.05. The summed E-state index contributed by atoms with van der Waals surface area (Å²) in [5, 5.41) is 9.33. The molecule has 0 saturated carbocycles. The molecule has 0 aromatic heterocycles. The summed E-state index contributed by atoms with van der Waals surface area (Å²) in [4.78, 5) is 42.7. The van der Waals surface area contributed by atoms with Crippen LogP contribution in [0.2, 0.25) is 5.02 Å². The third-order valence-electron chi connectivity index (χ3n) is 5.61. The van der Waals surface area contributed by atoms with Gasteiger partial charge in [0.15, 0.2) is 0 Å². The number of nitriles is 1. The summed E-state index contributed by atoms with van der Waals surface area (Å²) in [5.41, 5.74) is 1.21.